The summed E-state index contributed by atoms with van der Waals surface area (Å²) in [6.07, 6.45) is 1.96. The lowest BCUT2D eigenvalue weighted by molar-refractivity contribution is -0.114. The van der Waals surface area contributed by atoms with Crippen LogP contribution in [0.2, 0.25) is 0 Å². The van der Waals surface area contributed by atoms with Crippen LogP contribution >= 0.6 is 0 Å². The molecule has 6 atom stereocenters. The molecular weight excluding hydrogens is 318 g/mol. The lowest BCUT2D eigenvalue weighted by Gasteiger charge is -2.45. The van der Waals surface area contributed by atoms with Crippen molar-refractivity contribution < 1.29 is 19.1 Å². The molecule has 2 unspecified atom stereocenters. The number of nitrogens with one attached hydrogen (secondary N) is 1. The predicted octanol–water partition coefficient (Wildman–Crippen LogP) is 3.94. The van der Waals surface area contributed by atoms with E-state index in [-0.39, 0.29) is 12.0 Å². The zero-order valence-corrected chi connectivity index (χ0v) is 17.0. The molecule has 1 amide bonds. The molecule has 0 spiro atoms. The molecule has 0 saturated carbocycles. The van der Waals surface area contributed by atoms with Crippen LogP contribution in [0.5, 0.6) is 0 Å². The summed E-state index contributed by atoms with van der Waals surface area (Å²) in [5.41, 5.74) is -1.96. The molecule has 2 aliphatic heterocycles. The van der Waals surface area contributed by atoms with Crippen molar-refractivity contribution in [2.75, 3.05) is 0 Å². The number of hydrogen-bond acceptors (Lipinski definition) is 4. The summed E-state index contributed by atoms with van der Waals surface area (Å²) in [7, 11) is 0. The SMILES string of the molecule is CC(C)[C@H]1CC2OC(C)(C[C@H]1C)[C@@](C)(NC(=O)OC(C)(C)C)[C@H]2C=O. The summed E-state index contributed by atoms with van der Waals surface area (Å²) < 4.78 is 11.9. The largest absolute Gasteiger partial charge is 0.444 e. The van der Waals surface area contributed by atoms with Gasteiger partial charge < -0.3 is 19.6 Å². The zero-order chi connectivity index (χ0) is 19.2. The van der Waals surface area contributed by atoms with E-state index in [0.29, 0.717) is 17.8 Å². The van der Waals surface area contributed by atoms with Crippen LogP contribution in [0.3, 0.4) is 0 Å². The third-order valence-electron chi connectivity index (χ3n) is 6.29. The second-order valence-electron chi connectivity index (χ2n) is 9.70. The summed E-state index contributed by atoms with van der Waals surface area (Å²) in [4.78, 5) is 24.4. The van der Waals surface area contributed by atoms with Crippen LogP contribution in [-0.4, -0.2) is 35.2 Å². The molecule has 2 aliphatic rings. The third-order valence-corrected chi connectivity index (χ3v) is 6.29. The summed E-state index contributed by atoms with van der Waals surface area (Å²) in [5.74, 6) is 1.14. The second kappa shape index (κ2) is 6.57. The standard InChI is InChI=1S/C20H35NO4/c1-12(2)14-9-16-15(11-22)20(8,19(7,24-16)10-13(14)3)21-17(23)25-18(4,5)6/h11-16H,9-10H2,1-8H3,(H,21,23)/t13-,14-,15+,16?,19?,20+/m1/s1. The van der Waals surface area contributed by atoms with Crippen LogP contribution in [0.25, 0.3) is 0 Å². The number of alkyl carbamates (subject to hydrolysis) is 1. The number of hydrogen-bond donors (Lipinski definition) is 1. The Kier molecular flexibility index (Phi) is 5.31. The Morgan fingerprint density at radius 1 is 1.32 bits per heavy atom. The van der Waals surface area contributed by atoms with Crippen LogP contribution < -0.4 is 5.32 Å². The number of carbonyl (C=O) groups excluding carboxylic acids is 2. The first-order valence-electron chi connectivity index (χ1n) is 9.47. The van der Waals surface area contributed by atoms with Gasteiger partial charge in [0, 0.05) is 0 Å². The fourth-order valence-electron chi connectivity index (χ4n) is 4.86. The number of ether oxygens (including phenoxy) is 2. The first-order chi connectivity index (χ1) is 11.3. The van der Waals surface area contributed by atoms with Gasteiger partial charge in [0.2, 0.25) is 0 Å². The van der Waals surface area contributed by atoms with Gasteiger partial charge in [-0.3, -0.25) is 0 Å². The molecule has 1 N–H and O–H groups in total. The fraction of sp³-hybridized carbons (Fsp3) is 0.900. The molecule has 0 aromatic rings. The molecule has 2 heterocycles. The van der Waals surface area contributed by atoms with Gasteiger partial charge in [0.05, 0.1) is 23.2 Å². The monoisotopic (exact) mass is 353 g/mol. The predicted molar refractivity (Wildman–Crippen MR) is 97.3 cm³/mol. The van der Waals surface area contributed by atoms with Gasteiger partial charge in [0.25, 0.3) is 0 Å². The Balaban J connectivity index is 2.32. The van der Waals surface area contributed by atoms with E-state index < -0.39 is 22.8 Å². The Morgan fingerprint density at radius 2 is 1.92 bits per heavy atom. The van der Waals surface area contributed by atoms with E-state index >= 15 is 0 Å². The molecular formula is C20H35NO4. The summed E-state index contributed by atoms with van der Waals surface area (Å²) >= 11 is 0. The van der Waals surface area contributed by atoms with Crippen LogP contribution in [-0.2, 0) is 14.3 Å². The van der Waals surface area contributed by atoms with Crippen LogP contribution in [0.1, 0.15) is 68.2 Å². The highest BCUT2D eigenvalue weighted by Gasteiger charge is 2.63. The van der Waals surface area contributed by atoms with Gasteiger partial charge in [0.1, 0.15) is 11.9 Å². The maximum Gasteiger partial charge on any atom is 0.408 e. The Hall–Kier alpha value is -1.10. The van der Waals surface area contributed by atoms with E-state index in [9.17, 15) is 9.59 Å². The summed E-state index contributed by atoms with van der Waals surface area (Å²) in [5, 5.41) is 3.00. The van der Waals surface area contributed by atoms with Crippen molar-refractivity contribution in [3.8, 4) is 0 Å². The third kappa shape index (κ3) is 3.71. The fourth-order valence-corrected chi connectivity index (χ4v) is 4.86. The average Bonchev–Trinajstić information content (AvgIpc) is 2.51. The van der Waals surface area contributed by atoms with Gasteiger partial charge in [-0.15, -0.1) is 0 Å². The number of aldehydes is 1. The van der Waals surface area contributed by atoms with E-state index in [0.717, 1.165) is 19.1 Å². The Labute approximate surface area is 152 Å². The molecule has 0 aromatic carbocycles. The minimum atomic E-state index is -0.780. The first-order valence-corrected chi connectivity index (χ1v) is 9.47. The molecule has 0 aliphatic carbocycles. The van der Waals surface area contributed by atoms with Crippen molar-refractivity contribution in [2.24, 2.45) is 23.7 Å². The van der Waals surface area contributed by atoms with Crippen molar-refractivity contribution in [1.29, 1.82) is 0 Å². The molecule has 25 heavy (non-hydrogen) atoms. The van der Waals surface area contributed by atoms with E-state index in [2.05, 4.69) is 26.1 Å². The Morgan fingerprint density at radius 3 is 2.40 bits per heavy atom. The molecule has 2 saturated heterocycles. The van der Waals surface area contributed by atoms with Crippen molar-refractivity contribution >= 4 is 12.4 Å². The maximum atomic E-state index is 12.4. The highest BCUT2D eigenvalue weighted by Crippen LogP contribution is 2.53. The number of rotatable bonds is 3. The summed E-state index contributed by atoms with van der Waals surface area (Å²) in [6, 6.07) is 0. The van der Waals surface area contributed by atoms with Crippen molar-refractivity contribution in [1.82, 2.24) is 5.32 Å². The number of amides is 1. The van der Waals surface area contributed by atoms with E-state index in [1.807, 2.05) is 34.6 Å². The lowest BCUT2D eigenvalue weighted by Crippen LogP contribution is -2.63. The molecule has 2 bridgehead atoms. The lowest BCUT2D eigenvalue weighted by atomic mass is 9.64. The average molecular weight is 354 g/mol. The topological polar surface area (TPSA) is 64.6 Å². The van der Waals surface area contributed by atoms with Gasteiger partial charge in [-0.05, 0) is 65.2 Å². The van der Waals surface area contributed by atoms with Crippen LogP contribution in [0.4, 0.5) is 4.79 Å². The maximum absolute atomic E-state index is 12.4. The van der Waals surface area contributed by atoms with Gasteiger partial charge in [-0.25, -0.2) is 4.79 Å². The normalized spacial score (nSPS) is 41.3. The number of carbonyl (C=O) groups is 2. The van der Waals surface area contributed by atoms with Gasteiger partial charge >= 0.3 is 6.09 Å². The van der Waals surface area contributed by atoms with Crippen molar-refractivity contribution in [3.05, 3.63) is 0 Å². The quantitative estimate of drug-likeness (QED) is 0.781. The molecule has 2 fully saturated rings. The minimum Gasteiger partial charge on any atom is -0.444 e. The molecule has 0 radical (unpaired) electrons. The van der Waals surface area contributed by atoms with Crippen molar-refractivity contribution in [2.45, 2.75) is 91.1 Å². The van der Waals surface area contributed by atoms with E-state index in [4.69, 9.17) is 9.47 Å². The molecule has 5 nitrogen and oxygen atoms in total. The second-order valence-corrected chi connectivity index (χ2v) is 9.70. The van der Waals surface area contributed by atoms with Crippen LogP contribution in [0.15, 0.2) is 0 Å². The number of fused-ring (bicyclic) bond motifs is 2. The van der Waals surface area contributed by atoms with Gasteiger partial charge in [-0.2, -0.15) is 0 Å². The molecule has 0 aromatic heterocycles. The molecule has 144 valence electrons. The first kappa shape index (κ1) is 20.2. The highest BCUT2D eigenvalue weighted by molar-refractivity contribution is 5.71. The van der Waals surface area contributed by atoms with Gasteiger partial charge in [0.15, 0.2) is 0 Å². The highest BCUT2D eigenvalue weighted by atomic mass is 16.6. The van der Waals surface area contributed by atoms with E-state index in [1.54, 1.807) is 0 Å². The van der Waals surface area contributed by atoms with Crippen LogP contribution in [0, 0.1) is 23.7 Å². The minimum absolute atomic E-state index is 0.167. The molecule has 5 heteroatoms. The zero-order valence-electron chi connectivity index (χ0n) is 17.0. The van der Waals surface area contributed by atoms with E-state index in [1.165, 1.54) is 0 Å². The van der Waals surface area contributed by atoms with Gasteiger partial charge in [-0.1, -0.05) is 20.8 Å². The smallest absolute Gasteiger partial charge is 0.408 e. The Bertz CT molecular complexity index is 526. The molecule has 2 rings (SSSR count). The van der Waals surface area contributed by atoms with Crippen molar-refractivity contribution in [3.63, 3.8) is 0 Å². The summed E-state index contributed by atoms with van der Waals surface area (Å²) in [6.45, 7) is 16.2.